The molecular formula is C14H21NO3. The molecule has 4 heteroatoms. The number of carbonyl (C=O) groups excluding carboxylic acids is 1. The van der Waals surface area contributed by atoms with Gasteiger partial charge in [0.2, 0.25) is 0 Å². The summed E-state index contributed by atoms with van der Waals surface area (Å²) in [5, 5.41) is 0. The number of esters is 1. The first-order valence-electron chi connectivity index (χ1n) is 6.61. The summed E-state index contributed by atoms with van der Waals surface area (Å²) in [6.07, 6.45) is 7.79. The molecule has 100 valence electrons. The zero-order chi connectivity index (χ0) is 13.0. The largest absolute Gasteiger partial charge is 0.466 e. The van der Waals surface area contributed by atoms with Crippen molar-refractivity contribution in [3.63, 3.8) is 0 Å². The maximum atomic E-state index is 11.8. The van der Waals surface area contributed by atoms with Crippen LogP contribution in [0.15, 0.2) is 23.4 Å². The Kier molecular flexibility index (Phi) is 4.42. The van der Waals surface area contributed by atoms with E-state index in [-0.39, 0.29) is 12.2 Å². The third-order valence-electron chi connectivity index (χ3n) is 3.46. The van der Waals surface area contributed by atoms with E-state index in [1.165, 1.54) is 7.11 Å². The molecule has 2 rings (SSSR count). The fourth-order valence-electron chi connectivity index (χ4n) is 2.61. The second-order valence-corrected chi connectivity index (χ2v) is 4.62. The molecule has 0 fully saturated rings. The Morgan fingerprint density at radius 2 is 2.39 bits per heavy atom. The summed E-state index contributed by atoms with van der Waals surface area (Å²) < 4.78 is 10.7. The van der Waals surface area contributed by atoms with Gasteiger partial charge in [0.1, 0.15) is 6.23 Å². The Bertz CT molecular complexity index is 373. The third kappa shape index (κ3) is 2.58. The van der Waals surface area contributed by atoms with Gasteiger partial charge in [0.05, 0.1) is 19.3 Å². The van der Waals surface area contributed by atoms with E-state index >= 15 is 0 Å². The van der Waals surface area contributed by atoms with E-state index in [2.05, 4.69) is 17.9 Å². The Balaban J connectivity index is 2.30. The van der Waals surface area contributed by atoms with Crippen molar-refractivity contribution in [2.75, 3.05) is 20.3 Å². The number of carbonyl (C=O) groups is 1. The molecule has 0 radical (unpaired) electrons. The second-order valence-electron chi connectivity index (χ2n) is 4.62. The average Bonchev–Trinajstić information content (AvgIpc) is 2.64. The Morgan fingerprint density at radius 3 is 3.11 bits per heavy atom. The monoisotopic (exact) mass is 251 g/mol. The number of hydrogen-bond acceptors (Lipinski definition) is 4. The molecule has 2 heterocycles. The molecular weight excluding hydrogens is 230 g/mol. The molecule has 0 aromatic carbocycles. The van der Waals surface area contributed by atoms with Crippen LogP contribution in [0.5, 0.6) is 0 Å². The van der Waals surface area contributed by atoms with E-state index in [0.717, 1.165) is 43.5 Å². The second kappa shape index (κ2) is 6.05. The van der Waals surface area contributed by atoms with Crippen molar-refractivity contribution in [3.8, 4) is 0 Å². The minimum Gasteiger partial charge on any atom is -0.466 e. The molecule has 0 saturated carbocycles. The van der Waals surface area contributed by atoms with Crippen molar-refractivity contribution in [2.24, 2.45) is 0 Å². The fourth-order valence-corrected chi connectivity index (χ4v) is 2.61. The van der Waals surface area contributed by atoms with Crippen molar-refractivity contribution in [2.45, 2.75) is 38.8 Å². The van der Waals surface area contributed by atoms with Gasteiger partial charge < -0.3 is 14.4 Å². The third-order valence-corrected chi connectivity index (χ3v) is 3.46. The SMILES string of the molecule is CCCC1=C(C(=O)OC)CCC2OCC=CCN12. The van der Waals surface area contributed by atoms with Crippen molar-refractivity contribution in [3.05, 3.63) is 23.4 Å². The first kappa shape index (κ1) is 13.1. The molecule has 0 bridgehead atoms. The predicted octanol–water partition coefficient (Wildman–Crippen LogP) is 2.22. The van der Waals surface area contributed by atoms with E-state index in [9.17, 15) is 4.79 Å². The molecule has 0 aromatic rings. The lowest BCUT2D eigenvalue weighted by molar-refractivity contribution is -0.137. The van der Waals surface area contributed by atoms with Crippen LogP contribution in [0.3, 0.4) is 0 Å². The van der Waals surface area contributed by atoms with Crippen LogP contribution in [0.1, 0.15) is 32.6 Å². The van der Waals surface area contributed by atoms with Crippen LogP contribution in [0.4, 0.5) is 0 Å². The summed E-state index contributed by atoms with van der Waals surface area (Å²) in [5.41, 5.74) is 1.93. The quantitative estimate of drug-likeness (QED) is 0.569. The minimum absolute atomic E-state index is 0.106. The van der Waals surface area contributed by atoms with Gasteiger partial charge in [-0.25, -0.2) is 4.79 Å². The van der Waals surface area contributed by atoms with Crippen molar-refractivity contribution in [1.29, 1.82) is 0 Å². The summed E-state index contributed by atoms with van der Waals surface area (Å²) >= 11 is 0. The molecule has 1 atom stereocenters. The lowest BCUT2D eigenvalue weighted by atomic mass is 9.98. The molecule has 0 aromatic heterocycles. The van der Waals surface area contributed by atoms with Gasteiger partial charge in [-0.1, -0.05) is 25.5 Å². The van der Waals surface area contributed by atoms with Gasteiger partial charge >= 0.3 is 5.97 Å². The lowest BCUT2D eigenvalue weighted by Gasteiger charge is -2.38. The number of rotatable bonds is 3. The van der Waals surface area contributed by atoms with Crippen LogP contribution in [-0.2, 0) is 14.3 Å². The van der Waals surface area contributed by atoms with Gasteiger partial charge in [-0.2, -0.15) is 0 Å². The molecule has 0 amide bonds. The van der Waals surface area contributed by atoms with Gasteiger partial charge in [-0.05, 0) is 19.3 Å². The normalized spacial score (nSPS) is 23.7. The van der Waals surface area contributed by atoms with Gasteiger partial charge in [-0.15, -0.1) is 0 Å². The summed E-state index contributed by atoms with van der Waals surface area (Å²) in [6, 6.07) is 0. The number of ether oxygens (including phenoxy) is 2. The number of methoxy groups -OCH3 is 1. The highest BCUT2D eigenvalue weighted by Crippen LogP contribution is 2.31. The summed E-state index contributed by atoms with van der Waals surface area (Å²) in [7, 11) is 1.45. The maximum Gasteiger partial charge on any atom is 0.335 e. The van der Waals surface area contributed by atoms with Crippen LogP contribution in [0.25, 0.3) is 0 Å². The number of allylic oxidation sites excluding steroid dienone is 1. The van der Waals surface area contributed by atoms with Crippen LogP contribution >= 0.6 is 0 Å². The van der Waals surface area contributed by atoms with Gasteiger partial charge in [0.25, 0.3) is 0 Å². The van der Waals surface area contributed by atoms with E-state index in [0.29, 0.717) is 6.61 Å². The summed E-state index contributed by atoms with van der Waals surface area (Å²) in [4.78, 5) is 14.1. The smallest absolute Gasteiger partial charge is 0.335 e. The highest BCUT2D eigenvalue weighted by molar-refractivity contribution is 5.89. The maximum absolute atomic E-state index is 11.8. The minimum atomic E-state index is -0.190. The Labute approximate surface area is 108 Å². The van der Waals surface area contributed by atoms with E-state index < -0.39 is 0 Å². The summed E-state index contributed by atoms with van der Waals surface area (Å²) in [6.45, 7) is 3.61. The average molecular weight is 251 g/mol. The van der Waals surface area contributed by atoms with Crippen LogP contribution in [-0.4, -0.2) is 37.4 Å². The van der Waals surface area contributed by atoms with E-state index in [1.54, 1.807) is 0 Å². The van der Waals surface area contributed by atoms with Crippen molar-refractivity contribution >= 4 is 5.97 Å². The highest BCUT2D eigenvalue weighted by Gasteiger charge is 2.31. The molecule has 2 aliphatic rings. The molecule has 0 N–H and O–H groups in total. The first-order chi connectivity index (χ1) is 8.77. The topological polar surface area (TPSA) is 38.8 Å². The Hall–Kier alpha value is -1.29. The molecule has 18 heavy (non-hydrogen) atoms. The lowest BCUT2D eigenvalue weighted by Crippen LogP contribution is -2.40. The Morgan fingerprint density at radius 1 is 1.56 bits per heavy atom. The van der Waals surface area contributed by atoms with Crippen LogP contribution in [0, 0.1) is 0 Å². The molecule has 2 aliphatic heterocycles. The van der Waals surface area contributed by atoms with Crippen molar-refractivity contribution < 1.29 is 14.3 Å². The standard InChI is InChI=1S/C14H21NO3/c1-3-6-12-11(14(16)17-2)7-8-13-15(12)9-4-5-10-18-13/h4-5,13H,3,6-10H2,1-2H3. The molecule has 4 nitrogen and oxygen atoms in total. The zero-order valence-corrected chi connectivity index (χ0v) is 11.1. The van der Waals surface area contributed by atoms with Gasteiger partial charge in [0, 0.05) is 12.2 Å². The number of nitrogens with zero attached hydrogens (tertiary/aromatic N) is 1. The van der Waals surface area contributed by atoms with Crippen LogP contribution in [0.2, 0.25) is 0 Å². The molecule has 0 aliphatic carbocycles. The first-order valence-corrected chi connectivity index (χ1v) is 6.61. The molecule has 0 spiro atoms. The predicted molar refractivity (Wildman–Crippen MR) is 68.8 cm³/mol. The zero-order valence-electron chi connectivity index (χ0n) is 11.1. The number of hydrogen-bond donors (Lipinski definition) is 0. The van der Waals surface area contributed by atoms with E-state index in [1.807, 2.05) is 6.08 Å². The van der Waals surface area contributed by atoms with Crippen LogP contribution < -0.4 is 0 Å². The van der Waals surface area contributed by atoms with E-state index in [4.69, 9.17) is 9.47 Å². The number of fused-ring (bicyclic) bond motifs is 1. The van der Waals surface area contributed by atoms with Crippen molar-refractivity contribution in [1.82, 2.24) is 4.90 Å². The highest BCUT2D eigenvalue weighted by atomic mass is 16.5. The molecule has 0 saturated heterocycles. The van der Waals surface area contributed by atoms with Gasteiger partial charge in [-0.3, -0.25) is 0 Å². The fraction of sp³-hybridized carbons (Fsp3) is 0.643. The molecule has 1 unspecified atom stereocenters. The van der Waals surface area contributed by atoms with Gasteiger partial charge in [0.15, 0.2) is 0 Å². The summed E-state index contributed by atoms with van der Waals surface area (Å²) in [5.74, 6) is -0.190.